The molecule has 0 rings (SSSR count). The Balaban J connectivity index is 5.09. The fourth-order valence-corrected chi connectivity index (χ4v) is 11.6. The van der Waals surface area contributed by atoms with E-state index in [-0.39, 0.29) is 25.7 Å². The summed E-state index contributed by atoms with van der Waals surface area (Å²) in [6.07, 6.45) is 43.8. The van der Waals surface area contributed by atoms with Gasteiger partial charge in [0.25, 0.3) is 0 Å². The Hall–Kier alpha value is -1.94. The van der Waals surface area contributed by atoms with Gasteiger partial charge in [0.2, 0.25) is 0 Å². The molecule has 0 amide bonds. The molecule has 7 atom stereocenters. The van der Waals surface area contributed by atoms with Gasteiger partial charge in [0.05, 0.1) is 26.4 Å². The van der Waals surface area contributed by atoms with Gasteiger partial charge in [-0.2, -0.15) is 0 Å². The molecule has 0 saturated heterocycles. The molecule has 0 aliphatic carbocycles. The van der Waals surface area contributed by atoms with Gasteiger partial charge < -0.3 is 33.8 Å². The Bertz CT molecular complexity index is 1690. The van der Waals surface area contributed by atoms with Gasteiger partial charge in [-0.3, -0.25) is 37.3 Å². The highest BCUT2D eigenvalue weighted by Gasteiger charge is 2.30. The van der Waals surface area contributed by atoms with E-state index >= 15 is 0 Å². The standard InChI is InChI=1S/C67H130O17P2/c1-7-11-13-15-16-17-18-19-20-21-22-23-24-25-26-27-28-29-30-39-45-51-66(71)83-63(56-78-65(70)50-44-38-33-31-36-41-47-59(5)9-3)58-82-86(75,76)80-54-61(68)53-79-85(73,74)81-57-62(55-77-64(69)49-43-35-14-12-8-2)84-67(72)52-46-40-34-32-37-42-48-60(6)10-4/h59-63,68H,7-58H2,1-6H3,(H,73,74)(H,75,76)/t59?,60?,61-,62+,63+/m0/s1. The molecule has 0 aliphatic rings. The van der Waals surface area contributed by atoms with Crippen LogP contribution in [0.1, 0.15) is 337 Å². The second kappa shape index (κ2) is 59.4. The molecule has 0 aliphatic heterocycles. The molecule has 19 heteroatoms. The predicted octanol–water partition coefficient (Wildman–Crippen LogP) is 18.8. The zero-order valence-electron chi connectivity index (χ0n) is 55.6. The first-order valence-electron chi connectivity index (χ1n) is 35.1. The van der Waals surface area contributed by atoms with Crippen LogP contribution in [-0.2, 0) is 65.4 Å². The first-order valence-corrected chi connectivity index (χ1v) is 38.1. The van der Waals surface area contributed by atoms with E-state index in [1.54, 1.807) is 0 Å². The normalized spacial score (nSPS) is 14.8. The highest BCUT2D eigenvalue weighted by atomic mass is 31.2. The molecule has 0 aromatic rings. The Morgan fingerprint density at radius 2 is 0.558 bits per heavy atom. The summed E-state index contributed by atoms with van der Waals surface area (Å²) in [7, 11) is -9.88. The first-order chi connectivity index (χ1) is 41.4. The quantitative estimate of drug-likeness (QED) is 0.0222. The minimum absolute atomic E-state index is 0.102. The fourth-order valence-electron chi connectivity index (χ4n) is 10.00. The van der Waals surface area contributed by atoms with Gasteiger partial charge in [-0.05, 0) is 37.5 Å². The van der Waals surface area contributed by atoms with Gasteiger partial charge in [-0.25, -0.2) is 9.13 Å². The Morgan fingerprint density at radius 3 is 0.826 bits per heavy atom. The lowest BCUT2D eigenvalue weighted by Gasteiger charge is -2.21. The predicted molar refractivity (Wildman–Crippen MR) is 345 cm³/mol. The maximum atomic E-state index is 13.0. The van der Waals surface area contributed by atoms with E-state index in [9.17, 15) is 43.2 Å². The van der Waals surface area contributed by atoms with Crippen molar-refractivity contribution in [1.29, 1.82) is 0 Å². The van der Waals surface area contributed by atoms with Crippen LogP contribution in [-0.4, -0.2) is 96.7 Å². The Labute approximate surface area is 524 Å². The number of esters is 4. The van der Waals surface area contributed by atoms with Crippen LogP contribution in [0.3, 0.4) is 0 Å². The number of ether oxygens (including phenoxy) is 4. The van der Waals surface area contributed by atoms with E-state index in [2.05, 4.69) is 41.5 Å². The van der Waals surface area contributed by atoms with E-state index in [0.717, 1.165) is 115 Å². The number of hydrogen-bond acceptors (Lipinski definition) is 15. The second-order valence-corrected chi connectivity index (χ2v) is 27.6. The largest absolute Gasteiger partial charge is 0.472 e. The topological polar surface area (TPSA) is 237 Å². The SMILES string of the molecule is CCCCCCCCCCCCCCCCCCCCCCCC(=O)O[C@H](COC(=O)CCCCCCCCC(C)CC)COP(=O)(O)OC[C@@H](O)COP(=O)(O)OC[C@@H](COC(=O)CCCCCCC)OC(=O)CCCCCCCCC(C)CC. The van der Waals surface area contributed by atoms with Crippen LogP contribution in [0.15, 0.2) is 0 Å². The van der Waals surface area contributed by atoms with Gasteiger partial charge in [0, 0.05) is 25.7 Å². The molecule has 17 nitrogen and oxygen atoms in total. The number of aliphatic hydroxyl groups is 1. The lowest BCUT2D eigenvalue weighted by Crippen LogP contribution is -2.30. The van der Waals surface area contributed by atoms with Crippen LogP contribution in [0.2, 0.25) is 0 Å². The van der Waals surface area contributed by atoms with E-state index < -0.39 is 97.5 Å². The molecule has 0 fully saturated rings. The Kier molecular flexibility index (Phi) is 58.0. The number of unbranched alkanes of at least 4 members (excludes halogenated alkanes) is 34. The number of aliphatic hydroxyl groups excluding tert-OH is 1. The summed E-state index contributed by atoms with van der Waals surface area (Å²) < 4.78 is 67.9. The van der Waals surface area contributed by atoms with Crippen LogP contribution < -0.4 is 0 Å². The molecule has 0 heterocycles. The van der Waals surface area contributed by atoms with Crippen LogP contribution in [0.5, 0.6) is 0 Å². The number of phosphoric ester groups is 2. The summed E-state index contributed by atoms with van der Waals surface area (Å²) in [5.41, 5.74) is 0. The average molecular weight is 1270 g/mol. The highest BCUT2D eigenvalue weighted by Crippen LogP contribution is 2.45. The van der Waals surface area contributed by atoms with Crippen molar-refractivity contribution in [3.8, 4) is 0 Å². The van der Waals surface area contributed by atoms with E-state index in [0.29, 0.717) is 25.7 Å². The van der Waals surface area contributed by atoms with Crippen molar-refractivity contribution in [1.82, 2.24) is 0 Å². The summed E-state index contributed by atoms with van der Waals surface area (Å²) in [6, 6.07) is 0. The van der Waals surface area contributed by atoms with Gasteiger partial charge in [0.15, 0.2) is 12.2 Å². The van der Waals surface area contributed by atoms with Crippen molar-refractivity contribution in [2.45, 2.75) is 355 Å². The maximum absolute atomic E-state index is 13.0. The zero-order chi connectivity index (χ0) is 63.6. The monoisotopic (exact) mass is 1270 g/mol. The van der Waals surface area contributed by atoms with Gasteiger partial charge >= 0.3 is 39.5 Å². The van der Waals surface area contributed by atoms with Crippen molar-refractivity contribution in [2.24, 2.45) is 11.8 Å². The average Bonchev–Trinajstić information content (AvgIpc) is 3.56. The Morgan fingerprint density at radius 1 is 0.326 bits per heavy atom. The first kappa shape index (κ1) is 84.1. The van der Waals surface area contributed by atoms with Gasteiger partial charge in [-0.15, -0.1) is 0 Å². The third-order valence-electron chi connectivity index (χ3n) is 16.2. The summed E-state index contributed by atoms with van der Waals surface area (Å²) in [4.78, 5) is 72.0. The third kappa shape index (κ3) is 58.4. The van der Waals surface area contributed by atoms with E-state index in [4.69, 9.17) is 37.0 Å². The molecule has 3 N–H and O–H groups in total. The van der Waals surface area contributed by atoms with Crippen LogP contribution in [0.4, 0.5) is 0 Å². The molecule has 86 heavy (non-hydrogen) atoms. The molecule has 4 unspecified atom stereocenters. The van der Waals surface area contributed by atoms with Crippen molar-refractivity contribution in [3.05, 3.63) is 0 Å². The van der Waals surface area contributed by atoms with Crippen LogP contribution >= 0.6 is 15.6 Å². The van der Waals surface area contributed by atoms with Gasteiger partial charge in [0.1, 0.15) is 19.3 Å². The van der Waals surface area contributed by atoms with Crippen LogP contribution in [0, 0.1) is 11.8 Å². The molecule has 510 valence electrons. The number of rotatable bonds is 66. The minimum Gasteiger partial charge on any atom is -0.462 e. The van der Waals surface area contributed by atoms with Crippen molar-refractivity contribution in [3.63, 3.8) is 0 Å². The molecule has 0 aromatic heterocycles. The van der Waals surface area contributed by atoms with Crippen LogP contribution in [0.25, 0.3) is 0 Å². The summed E-state index contributed by atoms with van der Waals surface area (Å²) in [5.74, 6) is -0.695. The third-order valence-corrected chi connectivity index (χ3v) is 18.1. The van der Waals surface area contributed by atoms with Crippen molar-refractivity contribution < 1.29 is 80.2 Å². The van der Waals surface area contributed by atoms with Crippen molar-refractivity contribution >= 4 is 39.5 Å². The molecule has 0 saturated carbocycles. The highest BCUT2D eigenvalue weighted by molar-refractivity contribution is 7.47. The number of hydrogen-bond donors (Lipinski definition) is 3. The molecule has 0 spiro atoms. The lowest BCUT2D eigenvalue weighted by molar-refractivity contribution is -0.161. The smallest absolute Gasteiger partial charge is 0.462 e. The number of phosphoric acid groups is 2. The lowest BCUT2D eigenvalue weighted by atomic mass is 10.00. The molecular formula is C67H130O17P2. The fraction of sp³-hybridized carbons (Fsp3) is 0.940. The number of carbonyl (C=O) groups excluding carboxylic acids is 4. The minimum atomic E-state index is -4.95. The van der Waals surface area contributed by atoms with E-state index in [1.165, 1.54) is 141 Å². The summed E-state index contributed by atoms with van der Waals surface area (Å²) in [6.45, 7) is 9.33. The molecule has 0 aromatic carbocycles. The summed E-state index contributed by atoms with van der Waals surface area (Å²) in [5, 5.41) is 10.5. The summed E-state index contributed by atoms with van der Waals surface area (Å²) >= 11 is 0. The number of carbonyl (C=O) groups is 4. The maximum Gasteiger partial charge on any atom is 0.472 e. The molecule has 0 radical (unpaired) electrons. The van der Waals surface area contributed by atoms with Gasteiger partial charge in [-0.1, -0.05) is 286 Å². The zero-order valence-corrected chi connectivity index (χ0v) is 57.4. The molecule has 0 bridgehead atoms. The van der Waals surface area contributed by atoms with E-state index in [1.807, 2.05) is 0 Å². The molecular weight excluding hydrogens is 1140 g/mol. The van der Waals surface area contributed by atoms with Crippen molar-refractivity contribution in [2.75, 3.05) is 39.6 Å². The second-order valence-electron chi connectivity index (χ2n) is 24.7.